The van der Waals surface area contributed by atoms with E-state index in [1.807, 2.05) is 13.8 Å². The van der Waals surface area contributed by atoms with Crippen molar-refractivity contribution in [2.75, 3.05) is 12.4 Å². The fourth-order valence-electron chi connectivity index (χ4n) is 2.48. The van der Waals surface area contributed by atoms with Crippen LogP contribution in [0.25, 0.3) is 5.76 Å². The van der Waals surface area contributed by atoms with E-state index >= 15 is 0 Å². The van der Waals surface area contributed by atoms with Gasteiger partial charge in [-0.05, 0) is 13.8 Å². The summed E-state index contributed by atoms with van der Waals surface area (Å²) in [6.07, 6.45) is -0.880. The summed E-state index contributed by atoms with van der Waals surface area (Å²) in [4.78, 5) is 36.3. The van der Waals surface area contributed by atoms with Crippen LogP contribution in [0.15, 0.2) is 29.2 Å². The summed E-state index contributed by atoms with van der Waals surface area (Å²) >= 11 is 1.27. The Morgan fingerprint density at radius 2 is 2.00 bits per heavy atom. The van der Waals surface area contributed by atoms with Crippen molar-refractivity contribution in [3.8, 4) is 0 Å². The Kier molecular flexibility index (Phi) is 4.62. The molecule has 0 radical (unpaired) electrons. The number of fused-ring (bicyclic) bond motifs is 2. The van der Waals surface area contributed by atoms with E-state index in [-0.39, 0.29) is 18.8 Å². The van der Waals surface area contributed by atoms with Crippen molar-refractivity contribution in [1.29, 1.82) is 0 Å². The Morgan fingerprint density at radius 1 is 1.29 bits per heavy atom. The van der Waals surface area contributed by atoms with Gasteiger partial charge in [0.25, 0.3) is 0 Å². The van der Waals surface area contributed by atoms with E-state index in [1.165, 1.54) is 11.8 Å². The summed E-state index contributed by atoms with van der Waals surface area (Å²) in [6, 6.07) is 6.86. The van der Waals surface area contributed by atoms with Crippen LogP contribution >= 0.6 is 11.8 Å². The molecule has 1 aromatic rings. The van der Waals surface area contributed by atoms with E-state index in [9.17, 15) is 14.4 Å². The fourth-order valence-corrected chi connectivity index (χ4v) is 3.51. The van der Waals surface area contributed by atoms with Crippen LogP contribution in [0.2, 0.25) is 0 Å². The number of alkyl carbamates (subject to hydrolysis) is 1. The molecule has 1 aliphatic heterocycles. The molecule has 0 saturated heterocycles. The molecule has 0 bridgehead atoms. The summed E-state index contributed by atoms with van der Waals surface area (Å²) in [5, 5.41) is 2.63. The molecular weight excluding hydrogens is 330 g/mol. The van der Waals surface area contributed by atoms with Crippen molar-refractivity contribution >= 4 is 35.2 Å². The summed E-state index contributed by atoms with van der Waals surface area (Å²) in [7, 11) is 0. The van der Waals surface area contributed by atoms with E-state index in [1.54, 1.807) is 24.3 Å². The van der Waals surface area contributed by atoms with Crippen LogP contribution in [0.4, 0.5) is 4.79 Å². The van der Waals surface area contributed by atoms with Crippen molar-refractivity contribution in [3.63, 3.8) is 0 Å². The Labute approximate surface area is 143 Å². The van der Waals surface area contributed by atoms with Crippen LogP contribution in [0, 0.1) is 0 Å². The Morgan fingerprint density at radius 3 is 2.71 bits per heavy atom. The molecule has 1 unspecified atom stereocenters. The van der Waals surface area contributed by atoms with Crippen molar-refractivity contribution in [1.82, 2.24) is 5.32 Å². The summed E-state index contributed by atoms with van der Waals surface area (Å²) in [6.45, 7) is 3.76. The van der Waals surface area contributed by atoms with Gasteiger partial charge in [0, 0.05) is 22.9 Å². The number of hydrogen-bond acceptors (Lipinski definition) is 6. The van der Waals surface area contributed by atoms with Gasteiger partial charge in [-0.3, -0.25) is 9.59 Å². The molecule has 24 heavy (non-hydrogen) atoms. The normalized spacial score (nSPS) is 19.5. The van der Waals surface area contributed by atoms with E-state index in [2.05, 4.69) is 5.32 Å². The van der Waals surface area contributed by atoms with Crippen LogP contribution in [-0.4, -0.2) is 42.2 Å². The Bertz CT molecular complexity index is 740. The lowest BCUT2D eigenvalue weighted by molar-refractivity contribution is -0.111. The predicted molar refractivity (Wildman–Crippen MR) is 89.7 cm³/mol. The zero-order valence-corrected chi connectivity index (χ0v) is 14.1. The molecule has 0 saturated carbocycles. The number of hydrogen-bond donors (Lipinski definition) is 1. The molecule has 1 aromatic carbocycles. The highest BCUT2D eigenvalue weighted by molar-refractivity contribution is 8.04. The zero-order valence-electron chi connectivity index (χ0n) is 13.3. The molecule has 2 aliphatic rings. The molecular formula is C17H17NO5S. The molecule has 0 spiro atoms. The van der Waals surface area contributed by atoms with Crippen LogP contribution < -0.4 is 5.32 Å². The third-order valence-electron chi connectivity index (χ3n) is 3.54. The second-order valence-electron chi connectivity index (χ2n) is 5.81. The minimum Gasteiger partial charge on any atom is -0.484 e. The maximum atomic E-state index is 12.2. The molecule has 1 heterocycles. The lowest BCUT2D eigenvalue weighted by Gasteiger charge is -2.30. The van der Waals surface area contributed by atoms with Crippen molar-refractivity contribution in [3.05, 3.63) is 40.3 Å². The van der Waals surface area contributed by atoms with Crippen molar-refractivity contribution in [2.24, 2.45) is 0 Å². The largest absolute Gasteiger partial charge is 0.484 e. The molecule has 0 aromatic heterocycles. The Balaban J connectivity index is 1.75. The second kappa shape index (κ2) is 6.68. The fraction of sp³-hybridized carbons (Fsp3) is 0.353. The molecule has 1 aliphatic carbocycles. The first-order valence-corrected chi connectivity index (χ1v) is 8.61. The second-order valence-corrected chi connectivity index (χ2v) is 6.84. The first kappa shape index (κ1) is 16.6. The number of nitrogens with one attached hydrogen (secondary N) is 1. The van der Waals surface area contributed by atoms with Gasteiger partial charge in [0.2, 0.25) is 11.6 Å². The summed E-state index contributed by atoms with van der Waals surface area (Å²) in [5.74, 6) is -0.198. The number of benzene rings is 1. The van der Waals surface area contributed by atoms with Gasteiger partial charge in [0.15, 0.2) is 0 Å². The number of ketones is 2. The quantitative estimate of drug-likeness (QED) is 0.846. The lowest BCUT2D eigenvalue weighted by atomic mass is 9.93. The monoisotopic (exact) mass is 347 g/mol. The van der Waals surface area contributed by atoms with Crippen LogP contribution in [0.5, 0.6) is 0 Å². The molecule has 1 amide bonds. The smallest absolute Gasteiger partial charge is 0.407 e. The molecule has 126 valence electrons. The van der Waals surface area contributed by atoms with Crippen molar-refractivity contribution in [2.45, 2.75) is 26.0 Å². The predicted octanol–water partition coefficient (Wildman–Crippen LogP) is 2.39. The maximum Gasteiger partial charge on any atom is 0.407 e. The molecule has 3 rings (SSSR count). The van der Waals surface area contributed by atoms with Gasteiger partial charge < -0.3 is 14.8 Å². The number of allylic oxidation sites excluding steroid dienone is 1. The average molecular weight is 347 g/mol. The van der Waals surface area contributed by atoms with Crippen LogP contribution in [0.3, 0.4) is 0 Å². The highest BCUT2D eigenvalue weighted by Gasteiger charge is 2.38. The lowest BCUT2D eigenvalue weighted by Crippen LogP contribution is -2.36. The van der Waals surface area contributed by atoms with Crippen LogP contribution in [-0.2, 0) is 14.3 Å². The number of thioether (sulfide) groups is 1. The first-order valence-electron chi connectivity index (χ1n) is 7.63. The van der Waals surface area contributed by atoms with Gasteiger partial charge >= 0.3 is 6.09 Å². The number of carbonyl (C=O) groups excluding carboxylic acids is 3. The summed E-state index contributed by atoms with van der Waals surface area (Å²) < 4.78 is 11.0. The van der Waals surface area contributed by atoms with E-state index in [0.717, 1.165) is 0 Å². The zero-order chi connectivity index (χ0) is 17.3. The Hall–Kier alpha value is -2.28. The molecule has 1 atom stereocenters. The summed E-state index contributed by atoms with van der Waals surface area (Å²) in [5.41, 5.74) is 0.960. The number of Topliss-reactive ketones (excluding diaryl/α,β-unsaturated/α-hetero) is 2. The van der Waals surface area contributed by atoms with Gasteiger partial charge in [0.05, 0.1) is 0 Å². The van der Waals surface area contributed by atoms with Gasteiger partial charge in [0.1, 0.15) is 23.4 Å². The van der Waals surface area contributed by atoms with Crippen LogP contribution in [0.1, 0.15) is 29.8 Å². The first-order chi connectivity index (χ1) is 11.5. The standard InChI is InChI=1S/C17H17NO5S/c1-9(2)18-17(21)22-7-10-8-24-16-14(20)13(19)11-5-3-4-6-12(11)15(16)23-10/h3-6,9-10H,7-8H2,1-2H3,(H,18,21). The number of amides is 1. The third kappa shape index (κ3) is 3.17. The number of ether oxygens (including phenoxy) is 2. The highest BCUT2D eigenvalue weighted by Crippen LogP contribution is 2.40. The number of carbonyl (C=O) groups is 3. The van der Waals surface area contributed by atoms with E-state index < -0.39 is 17.7 Å². The molecule has 0 fully saturated rings. The minimum atomic E-state index is -0.536. The van der Waals surface area contributed by atoms with Gasteiger partial charge in [-0.2, -0.15) is 0 Å². The highest BCUT2D eigenvalue weighted by atomic mass is 32.2. The molecule has 1 N–H and O–H groups in total. The van der Waals surface area contributed by atoms with Gasteiger partial charge in [-0.15, -0.1) is 11.8 Å². The average Bonchev–Trinajstić information content (AvgIpc) is 2.57. The van der Waals surface area contributed by atoms with E-state index in [0.29, 0.717) is 27.5 Å². The van der Waals surface area contributed by atoms with Gasteiger partial charge in [-0.25, -0.2) is 4.79 Å². The van der Waals surface area contributed by atoms with Gasteiger partial charge in [-0.1, -0.05) is 24.3 Å². The maximum absolute atomic E-state index is 12.2. The molecule has 7 heteroatoms. The van der Waals surface area contributed by atoms with Crippen molar-refractivity contribution < 1.29 is 23.9 Å². The molecule has 6 nitrogen and oxygen atoms in total. The topological polar surface area (TPSA) is 81.7 Å². The minimum absolute atomic E-state index is 0.0117. The van der Waals surface area contributed by atoms with E-state index in [4.69, 9.17) is 9.47 Å². The number of rotatable bonds is 3. The SMILES string of the molecule is CC(C)NC(=O)OCC1CSC2=C(O1)c1ccccc1C(=O)C2=O. The third-order valence-corrected chi connectivity index (χ3v) is 4.74.